The number of rotatable bonds is 9. The van der Waals surface area contributed by atoms with Gasteiger partial charge in [0.2, 0.25) is 11.7 Å². The molecule has 3 heterocycles. The Morgan fingerprint density at radius 2 is 1.91 bits per heavy atom. The van der Waals surface area contributed by atoms with E-state index in [1.165, 1.54) is 44.9 Å². The van der Waals surface area contributed by atoms with Crippen LogP contribution in [0.5, 0.6) is 0 Å². The fraction of sp³-hybridized carbons (Fsp3) is 0.250. The number of benzene rings is 1. The van der Waals surface area contributed by atoms with Crippen LogP contribution in [0.1, 0.15) is 0 Å². The first-order valence-corrected chi connectivity index (χ1v) is 15.7. The summed E-state index contributed by atoms with van der Waals surface area (Å²) >= 11 is 16.0. The summed E-state index contributed by atoms with van der Waals surface area (Å²) in [7, 11) is 0. The molecule has 1 unspecified atom stereocenters. The smallest absolute Gasteiger partial charge is 0.477 e. The van der Waals surface area contributed by atoms with Crippen molar-refractivity contribution in [2.24, 2.45) is 0 Å². The predicted octanol–water partition coefficient (Wildman–Crippen LogP) is 2.78. The van der Waals surface area contributed by atoms with Gasteiger partial charge in [-0.3, -0.25) is 20.3 Å². The highest BCUT2D eigenvalue weighted by atomic mass is 35.5. The molecular weight excluding hydrogens is 692 g/mol. The zero-order valence-electron chi connectivity index (χ0n) is 22.0. The number of alkyl halides is 3. The number of hydrogen-bond acceptors (Lipinski definition) is 10. The van der Waals surface area contributed by atoms with Crippen molar-refractivity contribution in [3.8, 4) is 0 Å². The number of anilines is 1. The van der Waals surface area contributed by atoms with Crippen LogP contribution >= 0.6 is 58.5 Å². The molecule has 12 nitrogen and oxygen atoms in total. The Morgan fingerprint density at radius 1 is 1.23 bits per heavy atom. The minimum absolute atomic E-state index is 0.0270. The summed E-state index contributed by atoms with van der Waals surface area (Å²) < 4.78 is 33.1. The minimum Gasteiger partial charge on any atom is -0.477 e. The Morgan fingerprint density at radius 3 is 2.55 bits per heavy atom. The zero-order valence-corrected chi connectivity index (χ0v) is 25.9. The molecule has 236 valence electrons. The number of nitrogens with zero attached hydrogens (tertiary/aromatic N) is 3. The number of amides is 2. The van der Waals surface area contributed by atoms with E-state index >= 15 is 0 Å². The lowest BCUT2D eigenvalue weighted by Gasteiger charge is -2.49. The summed E-state index contributed by atoms with van der Waals surface area (Å²) in [5.74, 6) is 2.20. The molecule has 0 radical (unpaired) electrons. The molecule has 0 spiro atoms. The van der Waals surface area contributed by atoms with Gasteiger partial charge in [-0.2, -0.15) is 13.2 Å². The summed E-state index contributed by atoms with van der Waals surface area (Å²) in [5, 5.41) is 20.6. The van der Waals surface area contributed by atoms with Crippen LogP contribution in [0.15, 0.2) is 63.9 Å². The number of hydrogen-bond donors (Lipinski definition) is 5. The van der Waals surface area contributed by atoms with Gasteiger partial charge in [0.05, 0.1) is 10.8 Å². The quantitative estimate of drug-likeness (QED) is 0.0840. The number of carbonyl (C=O) groups is 4. The molecule has 1 aromatic heterocycles. The number of allylic oxidation sites excluding steroid dienone is 1. The van der Waals surface area contributed by atoms with Crippen LogP contribution in [0.3, 0.4) is 0 Å². The largest absolute Gasteiger partial charge is 0.490 e. The third kappa shape index (κ3) is 9.10. The fourth-order valence-electron chi connectivity index (χ4n) is 3.56. The Labute approximate surface area is 270 Å². The van der Waals surface area contributed by atoms with Crippen LogP contribution < -0.4 is 21.6 Å². The van der Waals surface area contributed by atoms with E-state index < -0.39 is 35.4 Å². The van der Waals surface area contributed by atoms with Gasteiger partial charge in [0.15, 0.2) is 0 Å². The normalized spacial score (nSPS) is 17.8. The van der Waals surface area contributed by atoms with Crippen molar-refractivity contribution in [2.45, 2.75) is 27.6 Å². The Balaban J connectivity index is 0.000000676. The molecular formula is C24H22Cl2F3N6O6S3+. The van der Waals surface area contributed by atoms with Crippen molar-refractivity contribution in [3.05, 3.63) is 63.9 Å². The SMILES string of the molecule is Nc1cc[n+](N)c(SC/C=C/C2=C(C(=O)O)N3C(=O)[C@@H](NC(=O)CSc4cc(Cl)ccc4Cl)C3SC2)n1.O=C(O)C(F)(F)F. The molecule has 4 rings (SSSR count). The number of carboxylic acids is 2. The highest BCUT2D eigenvalue weighted by Gasteiger charge is 2.53. The second-order valence-electron chi connectivity index (χ2n) is 8.56. The first kappa shape index (κ1) is 35.2. The number of fused-ring (bicyclic) bond motifs is 1. The van der Waals surface area contributed by atoms with E-state index in [9.17, 15) is 32.7 Å². The van der Waals surface area contributed by atoms with Crippen molar-refractivity contribution >= 4 is 88.1 Å². The molecule has 0 bridgehead atoms. The molecule has 44 heavy (non-hydrogen) atoms. The van der Waals surface area contributed by atoms with Crippen LogP contribution in [-0.4, -0.2) is 78.7 Å². The molecule has 2 aromatic rings. The number of nitrogen functional groups attached to an aromatic ring is 2. The molecule has 2 aliphatic heterocycles. The van der Waals surface area contributed by atoms with E-state index in [2.05, 4.69) is 10.3 Å². The maximum atomic E-state index is 12.8. The number of halogens is 5. The fourth-order valence-corrected chi connectivity index (χ4v) is 6.91. The maximum absolute atomic E-state index is 12.8. The summed E-state index contributed by atoms with van der Waals surface area (Å²) in [6, 6.07) is 5.72. The van der Waals surface area contributed by atoms with Gasteiger partial charge in [0, 0.05) is 27.5 Å². The molecule has 1 fully saturated rings. The first-order valence-electron chi connectivity index (χ1n) is 11.9. The Bertz CT molecular complexity index is 1530. The average molecular weight is 715 g/mol. The molecule has 2 atom stereocenters. The van der Waals surface area contributed by atoms with E-state index in [-0.39, 0.29) is 17.4 Å². The number of β-lactam (4-membered cyclic amide) rings is 1. The van der Waals surface area contributed by atoms with Crippen LogP contribution in [0.4, 0.5) is 19.0 Å². The molecule has 2 amide bonds. The standard InChI is InChI=1S/C22H20Cl2N6O4S3.C2HF3O2/c23-12-3-4-13(24)14(8-12)36-10-16(31)28-17-19(32)30-18(21(33)34)11(9-37-20(17)30)2-1-7-35-22-27-15(25)5-6-29(22)26;3-2(4,5)1(6)7/h1-6,8,17,20,25H,7,9-10,26H2,(H2,28,31,33,34);(H,6,7)/p+1/b2-1+;/t17-,20?;/m1./s1. The average Bonchev–Trinajstić information content (AvgIpc) is 2.95. The molecule has 1 aromatic carbocycles. The highest BCUT2D eigenvalue weighted by molar-refractivity contribution is 8.00. The monoisotopic (exact) mass is 713 g/mol. The van der Waals surface area contributed by atoms with Crippen molar-refractivity contribution < 1.29 is 47.2 Å². The molecule has 1 saturated heterocycles. The number of nitrogens with two attached hydrogens (primary N) is 2. The molecule has 0 aliphatic carbocycles. The number of thioether (sulfide) groups is 3. The minimum atomic E-state index is -5.08. The third-order valence-corrected chi connectivity index (χ3v) is 9.44. The Hall–Kier alpha value is -3.32. The lowest BCUT2D eigenvalue weighted by Crippen LogP contribution is -2.70. The first-order chi connectivity index (χ1) is 20.6. The van der Waals surface area contributed by atoms with Crippen LogP contribution in [0.2, 0.25) is 10.0 Å². The molecule has 2 aliphatic rings. The van der Waals surface area contributed by atoms with Gasteiger partial charge in [-0.1, -0.05) is 35.4 Å². The predicted molar refractivity (Wildman–Crippen MR) is 159 cm³/mol. The van der Waals surface area contributed by atoms with Crippen LogP contribution in [0.25, 0.3) is 0 Å². The van der Waals surface area contributed by atoms with Gasteiger partial charge in [0.25, 0.3) is 5.91 Å². The molecule has 7 N–H and O–H groups in total. The van der Waals surface area contributed by atoms with Crippen molar-refractivity contribution in [1.29, 1.82) is 0 Å². The van der Waals surface area contributed by atoms with Gasteiger partial charge in [-0.15, -0.1) is 28.2 Å². The highest BCUT2D eigenvalue weighted by Crippen LogP contribution is 2.41. The lowest BCUT2D eigenvalue weighted by molar-refractivity contribution is -0.682. The van der Waals surface area contributed by atoms with Crippen molar-refractivity contribution in [3.63, 3.8) is 0 Å². The summed E-state index contributed by atoms with van der Waals surface area (Å²) in [5.41, 5.74) is 6.10. The Kier molecular flexibility index (Phi) is 12.1. The van der Waals surface area contributed by atoms with E-state index in [0.717, 1.165) is 0 Å². The summed E-state index contributed by atoms with van der Waals surface area (Å²) in [6.45, 7) is 0. The maximum Gasteiger partial charge on any atom is 0.490 e. The van der Waals surface area contributed by atoms with Gasteiger partial charge < -0.3 is 21.3 Å². The van der Waals surface area contributed by atoms with Crippen LogP contribution in [-0.2, 0) is 19.2 Å². The summed E-state index contributed by atoms with van der Waals surface area (Å²) in [4.78, 5) is 52.3. The van der Waals surface area contributed by atoms with Crippen LogP contribution in [0, 0.1) is 0 Å². The lowest BCUT2D eigenvalue weighted by atomic mass is 10.0. The third-order valence-electron chi connectivity index (χ3n) is 5.49. The van der Waals surface area contributed by atoms with E-state index in [1.54, 1.807) is 42.6 Å². The van der Waals surface area contributed by atoms with Gasteiger partial charge in [-0.05, 0) is 40.5 Å². The molecule has 20 heteroatoms. The number of carbonyl (C=O) groups excluding carboxylic acids is 2. The van der Waals surface area contributed by atoms with Crippen molar-refractivity contribution in [1.82, 2.24) is 15.2 Å². The number of aromatic nitrogens is 2. The topological polar surface area (TPSA) is 193 Å². The van der Waals surface area contributed by atoms with Gasteiger partial charge in [0.1, 0.15) is 23.3 Å². The van der Waals surface area contributed by atoms with E-state index in [4.69, 9.17) is 44.7 Å². The van der Waals surface area contributed by atoms with E-state index in [1.807, 2.05) is 0 Å². The van der Waals surface area contributed by atoms with Gasteiger partial charge in [-0.25, -0.2) is 9.59 Å². The van der Waals surface area contributed by atoms with Crippen molar-refractivity contribution in [2.75, 3.05) is 28.8 Å². The second kappa shape index (κ2) is 15.1. The number of aliphatic carboxylic acids is 2. The number of nitrogens with one attached hydrogen (secondary N) is 1. The van der Waals surface area contributed by atoms with E-state index in [0.29, 0.717) is 43.0 Å². The molecule has 0 saturated carbocycles. The summed E-state index contributed by atoms with van der Waals surface area (Å²) in [6.07, 6.45) is -0.0407. The zero-order chi connectivity index (χ0) is 32.8. The number of carboxylic acid groups (broad SMARTS) is 2. The van der Waals surface area contributed by atoms with Gasteiger partial charge >= 0.3 is 23.3 Å². The second-order valence-corrected chi connectivity index (χ2v) is 12.5.